The molecular weight excluding hydrogens is 276 g/mol. The third kappa shape index (κ3) is 3.24. The fourth-order valence-corrected chi connectivity index (χ4v) is 3.33. The molecule has 0 saturated carbocycles. The minimum atomic E-state index is -3.28. The molecule has 1 aromatic carbocycles. The van der Waals surface area contributed by atoms with E-state index in [0.717, 1.165) is 38.4 Å². The molecule has 1 saturated heterocycles. The Morgan fingerprint density at radius 1 is 1.20 bits per heavy atom. The average Bonchev–Trinajstić information content (AvgIpc) is 2.46. The van der Waals surface area contributed by atoms with E-state index in [1.54, 1.807) is 12.1 Å². The SMILES string of the molecule is CCN1CCN(c2ccc(OC)c(S(C)(=O)=O)c2)CC1. The number of piperazine rings is 1. The first-order valence-electron chi connectivity index (χ1n) is 6.81. The highest BCUT2D eigenvalue weighted by atomic mass is 32.2. The van der Waals surface area contributed by atoms with E-state index in [0.29, 0.717) is 5.75 Å². The maximum atomic E-state index is 11.8. The molecule has 6 heteroatoms. The number of methoxy groups -OCH3 is 1. The van der Waals surface area contributed by atoms with Crippen LogP contribution in [0.2, 0.25) is 0 Å². The summed E-state index contributed by atoms with van der Waals surface area (Å²) in [5, 5.41) is 0. The predicted molar refractivity (Wildman–Crippen MR) is 80.4 cm³/mol. The second-order valence-corrected chi connectivity index (χ2v) is 7.01. The first kappa shape index (κ1) is 15.1. The summed E-state index contributed by atoms with van der Waals surface area (Å²) in [6.07, 6.45) is 1.21. The van der Waals surface area contributed by atoms with Crippen molar-refractivity contribution >= 4 is 15.5 Å². The molecule has 1 heterocycles. The molecule has 1 aliphatic heterocycles. The van der Waals surface area contributed by atoms with Crippen molar-refractivity contribution in [1.82, 2.24) is 4.90 Å². The lowest BCUT2D eigenvalue weighted by Gasteiger charge is -2.35. The van der Waals surface area contributed by atoms with Crippen molar-refractivity contribution in [1.29, 1.82) is 0 Å². The Balaban J connectivity index is 2.26. The van der Waals surface area contributed by atoms with Gasteiger partial charge in [0.05, 0.1) is 7.11 Å². The summed E-state index contributed by atoms with van der Waals surface area (Å²) in [6.45, 7) is 7.08. The summed E-state index contributed by atoms with van der Waals surface area (Å²) in [6, 6.07) is 5.38. The van der Waals surface area contributed by atoms with E-state index < -0.39 is 9.84 Å². The van der Waals surface area contributed by atoms with Crippen LogP contribution >= 0.6 is 0 Å². The number of ether oxygens (including phenoxy) is 1. The maximum absolute atomic E-state index is 11.8. The molecule has 0 bridgehead atoms. The number of rotatable bonds is 4. The Hall–Kier alpha value is -1.27. The van der Waals surface area contributed by atoms with E-state index in [1.165, 1.54) is 13.4 Å². The zero-order chi connectivity index (χ0) is 14.8. The number of nitrogens with zero attached hydrogens (tertiary/aromatic N) is 2. The van der Waals surface area contributed by atoms with Gasteiger partial charge in [-0.3, -0.25) is 0 Å². The van der Waals surface area contributed by atoms with E-state index >= 15 is 0 Å². The third-order valence-electron chi connectivity index (χ3n) is 3.73. The second kappa shape index (κ2) is 6.01. The fourth-order valence-electron chi connectivity index (χ4n) is 2.47. The van der Waals surface area contributed by atoms with Crippen LogP contribution in [0.1, 0.15) is 6.92 Å². The summed E-state index contributed by atoms with van der Waals surface area (Å²) >= 11 is 0. The molecule has 0 spiro atoms. The summed E-state index contributed by atoms with van der Waals surface area (Å²) in [5.74, 6) is 0.406. The molecule has 1 aromatic rings. The number of hydrogen-bond donors (Lipinski definition) is 0. The van der Waals surface area contributed by atoms with Crippen molar-refractivity contribution in [2.75, 3.05) is 51.0 Å². The van der Waals surface area contributed by atoms with Crippen molar-refractivity contribution in [2.45, 2.75) is 11.8 Å². The molecule has 2 rings (SSSR count). The standard InChI is InChI=1S/C14H22N2O3S/c1-4-15-7-9-16(10-8-15)12-5-6-13(19-2)14(11-12)20(3,17)18/h5-6,11H,4,7-10H2,1-3H3. The molecule has 0 radical (unpaired) electrons. The normalized spacial score (nSPS) is 17.2. The Bertz CT molecular complexity index is 564. The van der Waals surface area contributed by atoms with E-state index in [9.17, 15) is 8.42 Å². The summed E-state index contributed by atoms with van der Waals surface area (Å²) in [4.78, 5) is 4.87. The Kier molecular flexibility index (Phi) is 4.55. The molecule has 112 valence electrons. The van der Waals surface area contributed by atoms with Gasteiger partial charge in [0.1, 0.15) is 10.6 Å². The van der Waals surface area contributed by atoms with Gasteiger partial charge in [-0.1, -0.05) is 6.92 Å². The highest BCUT2D eigenvalue weighted by Gasteiger charge is 2.20. The molecule has 0 aromatic heterocycles. The summed E-state index contributed by atoms with van der Waals surface area (Å²) in [5.41, 5.74) is 0.946. The quantitative estimate of drug-likeness (QED) is 0.837. The van der Waals surface area contributed by atoms with Crippen LogP contribution in [0.4, 0.5) is 5.69 Å². The highest BCUT2D eigenvalue weighted by Crippen LogP contribution is 2.29. The topological polar surface area (TPSA) is 49.9 Å². The molecule has 0 N–H and O–H groups in total. The van der Waals surface area contributed by atoms with Crippen molar-refractivity contribution in [3.05, 3.63) is 18.2 Å². The first-order chi connectivity index (χ1) is 9.45. The van der Waals surface area contributed by atoms with E-state index in [2.05, 4.69) is 16.7 Å². The van der Waals surface area contributed by atoms with Crippen LogP contribution in [0.5, 0.6) is 5.75 Å². The van der Waals surface area contributed by atoms with Gasteiger partial charge in [-0.15, -0.1) is 0 Å². The minimum absolute atomic E-state index is 0.260. The van der Waals surface area contributed by atoms with E-state index in [4.69, 9.17) is 4.74 Å². The summed E-state index contributed by atoms with van der Waals surface area (Å²) in [7, 11) is -1.79. The van der Waals surface area contributed by atoms with E-state index in [-0.39, 0.29) is 4.90 Å². The molecule has 1 aliphatic rings. The highest BCUT2D eigenvalue weighted by molar-refractivity contribution is 7.90. The smallest absolute Gasteiger partial charge is 0.179 e. The molecule has 20 heavy (non-hydrogen) atoms. The van der Waals surface area contributed by atoms with Crippen LogP contribution in [0.25, 0.3) is 0 Å². The predicted octanol–water partition coefficient (Wildman–Crippen LogP) is 1.24. The Labute approximate surface area is 121 Å². The zero-order valence-corrected chi connectivity index (χ0v) is 13.1. The molecular formula is C14H22N2O3S. The lowest BCUT2D eigenvalue weighted by Crippen LogP contribution is -2.46. The van der Waals surface area contributed by atoms with Crippen molar-refractivity contribution in [3.8, 4) is 5.75 Å². The monoisotopic (exact) mass is 298 g/mol. The maximum Gasteiger partial charge on any atom is 0.179 e. The van der Waals surface area contributed by atoms with Crippen LogP contribution in [-0.4, -0.2) is 59.4 Å². The van der Waals surface area contributed by atoms with Crippen LogP contribution in [-0.2, 0) is 9.84 Å². The van der Waals surface area contributed by atoms with Crippen molar-refractivity contribution in [3.63, 3.8) is 0 Å². The number of benzene rings is 1. The summed E-state index contributed by atoms with van der Waals surface area (Å²) < 4.78 is 28.8. The first-order valence-corrected chi connectivity index (χ1v) is 8.70. The number of likely N-dealkylation sites (N-methyl/N-ethyl adjacent to an activating group) is 1. The molecule has 0 atom stereocenters. The Morgan fingerprint density at radius 2 is 1.85 bits per heavy atom. The zero-order valence-electron chi connectivity index (χ0n) is 12.3. The van der Waals surface area contributed by atoms with Crippen molar-refractivity contribution in [2.24, 2.45) is 0 Å². The number of anilines is 1. The lowest BCUT2D eigenvalue weighted by molar-refractivity contribution is 0.271. The largest absolute Gasteiger partial charge is 0.495 e. The third-order valence-corrected chi connectivity index (χ3v) is 4.85. The number of sulfone groups is 1. The molecule has 0 aliphatic carbocycles. The van der Waals surface area contributed by atoms with Gasteiger partial charge >= 0.3 is 0 Å². The fraction of sp³-hybridized carbons (Fsp3) is 0.571. The van der Waals surface area contributed by atoms with E-state index in [1.807, 2.05) is 6.07 Å². The molecule has 0 unspecified atom stereocenters. The average molecular weight is 298 g/mol. The molecule has 1 fully saturated rings. The minimum Gasteiger partial charge on any atom is -0.495 e. The van der Waals surface area contributed by atoms with Crippen LogP contribution in [0, 0.1) is 0 Å². The van der Waals surface area contributed by atoms with Crippen LogP contribution < -0.4 is 9.64 Å². The Morgan fingerprint density at radius 3 is 2.35 bits per heavy atom. The lowest BCUT2D eigenvalue weighted by atomic mass is 10.2. The number of hydrogen-bond acceptors (Lipinski definition) is 5. The molecule has 0 amide bonds. The molecule has 5 nitrogen and oxygen atoms in total. The van der Waals surface area contributed by atoms with Gasteiger partial charge in [0.2, 0.25) is 0 Å². The van der Waals surface area contributed by atoms with Gasteiger partial charge < -0.3 is 14.5 Å². The van der Waals surface area contributed by atoms with Gasteiger partial charge in [0.25, 0.3) is 0 Å². The van der Waals surface area contributed by atoms with Crippen molar-refractivity contribution < 1.29 is 13.2 Å². The van der Waals surface area contributed by atoms with Gasteiger partial charge in [0, 0.05) is 38.1 Å². The van der Waals surface area contributed by atoms with Gasteiger partial charge in [-0.25, -0.2) is 8.42 Å². The van der Waals surface area contributed by atoms with Gasteiger partial charge in [-0.05, 0) is 24.7 Å². The van der Waals surface area contributed by atoms with Gasteiger partial charge in [-0.2, -0.15) is 0 Å². The van der Waals surface area contributed by atoms with Gasteiger partial charge in [0.15, 0.2) is 9.84 Å². The van der Waals surface area contributed by atoms with Crippen LogP contribution in [0.3, 0.4) is 0 Å². The van der Waals surface area contributed by atoms with Crippen LogP contribution in [0.15, 0.2) is 23.1 Å². The second-order valence-electron chi connectivity index (χ2n) is 5.03.